The van der Waals surface area contributed by atoms with Crippen LogP contribution in [0, 0.1) is 0 Å². The number of carbonyl (C=O) groups excluding carboxylic acids is 2. The van der Waals surface area contributed by atoms with Crippen molar-refractivity contribution < 1.29 is 27.5 Å². The molecule has 0 aromatic heterocycles. The number of nitrogens with one attached hydrogen (secondary N) is 2. The van der Waals surface area contributed by atoms with Gasteiger partial charge in [0.25, 0.3) is 11.8 Å². The first-order valence-corrected chi connectivity index (χ1v) is 13.6. The average Bonchev–Trinajstić information content (AvgIpc) is 2.91. The molecule has 2 amide bonds. The first-order chi connectivity index (χ1) is 18.2. The van der Waals surface area contributed by atoms with Gasteiger partial charge in [-0.2, -0.15) is 5.10 Å². The number of methoxy groups -OCH3 is 1. The summed E-state index contributed by atoms with van der Waals surface area (Å²) in [4.78, 5) is 24.5. The summed E-state index contributed by atoms with van der Waals surface area (Å²) in [6.07, 6.45) is 3.10. The van der Waals surface area contributed by atoms with Gasteiger partial charge < -0.3 is 14.8 Å². The zero-order valence-electron chi connectivity index (χ0n) is 21.4. The Morgan fingerprint density at radius 2 is 1.61 bits per heavy atom. The third-order valence-electron chi connectivity index (χ3n) is 5.36. The molecule has 0 atom stereocenters. The number of amides is 2. The van der Waals surface area contributed by atoms with Crippen LogP contribution in [0.15, 0.2) is 77.9 Å². The van der Waals surface area contributed by atoms with E-state index in [4.69, 9.17) is 9.47 Å². The second-order valence-corrected chi connectivity index (χ2v) is 10.1. The molecule has 0 heterocycles. The van der Waals surface area contributed by atoms with Crippen molar-refractivity contribution >= 4 is 39.4 Å². The van der Waals surface area contributed by atoms with Crippen LogP contribution in [0.2, 0.25) is 0 Å². The number of anilines is 2. The van der Waals surface area contributed by atoms with E-state index in [-0.39, 0.29) is 12.5 Å². The summed E-state index contributed by atoms with van der Waals surface area (Å²) in [5, 5.41) is 6.65. The van der Waals surface area contributed by atoms with Crippen LogP contribution in [0.5, 0.6) is 11.5 Å². The average molecular weight is 539 g/mol. The van der Waals surface area contributed by atoms with Crippen molar-refractivity contribution in [1.29, 1.82) is 0 Å². The SMILES string of the molecule is CCc1ccccc1N(CC(=O)N/N=C\c1ccc(OCC(=O)Nc2ccc(OC)cc2)cc1)S(C)(=O)=O. The quantitative estimate of drug-likeness (QED) is 0.269. The van der Waals surface area contributed by atoms with Crippen molar-refractivity contribution in [3.63, 3.8) is 0 Å². The zero-order chi connectivity index (χ0) is 27.5. The van der Waals surface area contributed by atoms with Crippen LogP contribution in [-0.4, -0.2) is 53.0 Å². The summed E-state index contributed by atoms with van der Waals surface area (Å²) >= 11 is 0. The lowest BCUT2D eigenvalue weighted by Gasteiger charge is -2.23. The van der Waals surface area contributed by atoms with Gasteiger partial charge in [0.2, 0.25) is 10.0 Å². The molecule has 3 aromatic rings. The number of rotatable bonds is 12. The fourth-order valence-electron chi connectivity index (χ4n) is 3.45. The minimum absolute atomic E-state index is 0.173. The Balaban J connectivity index is 1.50. The second-order valence-electron chi connectivity index (χ2n) is 8.18. The molecule has 200 valence electrons. The molecular weight excluding hydrogens is 508 g/mol. The lowest BCUT2D eigenvalue weighted by molar-refractivity contribution is -0.119. The van der Waals surface area contributed by atoms with Gasteiger partial charge in [0.15, 0.2) is 6.61 Å². The maximum absolute atomic E-state index is 12.4. The van der Waals surface area contributed by atoms with E-state index in [9.17, 15) is 18.0 Å². The van der Waals surface area contributed by atoms with Gasteiger partial charge in [-0.25, -0.2) is 13.8 Å². The first-order valence-electron chi connectivity index (χ1n) is 11.7. The summed E-state index contributed by atoms with van der Waals surface area (Å²) < 4.78 is 36.3. The number of aryl methyl sites for hydroxylation is 1. The van der Waals surface area contributed by atoms with E-state index in [1.54, 1.807) is 67.8 Å². The Labute approximate surface area is 222 Å². The number of para-hydroxylation sites is 1. The van der Waals surface area contributed by atoms with E-state index in [0.29, 0.717) is 34.9 Å². The van der Waals surface area contributed by atoms with E-state index in [0.717, 1.165) is 16.1 Å². The molecule has 0 spiro atoms. The Morgan fingerprint density at radius 3 is 2.24 bits per heavy atom. The predicted octanol–water partition coefficient (Wildman–Crippen LogP) is 3.19. The van der Waals surface area contributed by atoms with Crippen molar-refractivity contribution in [2.24, 2.45) is 5.10 Å². The number of hydrazone groups is 1. The standard InChI is InChI=1S/C27H30N4O6S/c1-4-21-7-5-6-8-25(21)31(38(3,34)35)18-26(32)30-28-17-20-9-13-24(14-10-20)37-19-27(33)29-22-11-15-23(36-2)16-12-22/h5-17H,4,18-19H2,1-3H3,(H,29,33)(H,30,32)/b28-17-. The molecule has 0 radical (unpaired) electrons. The molecule has 0 aliphatic rings. The largest absolute Gasteiger partial charge is 0.497 e. The Hall–Kier alpha value is -4.38. The Morgan fingerprint density at radius 1 is 0.947 bits per heavy atom. The molecule has 0 aliphatic heterocycles. The summed E-state index contributed by atoms with van der Waals surface area (Å²) in [6.45, 7) is 1.34. The van der Waals surface area contributed by atoms with Crippen molar-refractivity contribution in [2.45, 2.75) is 13.3 Å². The van der Waals surface area contributed by atoms with Crippen LogP contribution >= 0.6 is 0 Å². The smallest absolute Gasteiger partial charge is 0.262 e. The van der Waals surface area contributed by atoms with Crippen LogP contribution in [0.4, 0.5) is 11.4 Å². The van der Waals surface area contributed by atoms with Crippen LogP contribution in [-0.2, 0) is 26.0 Å². The van der Waals surface area contributed by atoms with Crippen LogP contribution in [0.3, 0.4) is 0 Å². The molecule has 3 aromatic carbocycles. The van der Waals surface area contributed by atoms with Crippen molar-refractivity contribution in [1.82, 2.24) is 5.43 Å². The number of benzene rings is 3. The molecule has 3 rings (SSSR count). The van der Waals surface area contributed by atoms with Gasteiger partial charge in [-0.15, -0.1) is 0 Å². The van der Waals surface area contributed by atoms with Crippen molar-refractivity contribution in [3.8, 4) is 11.5 Å². The highest BCUT2D eigenvalue weighted by Crippen LogP contribution is 2.23. The molecule has 38 heavy (non-hydrogen) atoms. The van der Waals surface area contributed by atoms with E-state index in [2.05, 4.69) is 15.8 Å². The van der Waals surface area contributed by atoms with Gasteiger partial charge in [0.05, 0.1) is 25.3 Å². The maximum Gasteiger partial charge on any atom is 0.262 e. The molecule has 11 heteroatoms. The van der Waals surface area contributed by atoms with Gasteiger partial charge in [-0.3, -0.25) is 13.9 Å². The zero-order valence-corrected chi connectivity index (χ0v) is 22.2. The number of sulfonamides is 1. The fourth-order valence-corrected chi connectivity index (χ4v) is 4.34. The normalized spacial score (nSPS) is 11.1. The second kappa shape index (κ2) is 13.2. The number of ether oxygens (including phenoxy) is 2. The minimum Gasteiger partial charge on any atom is -0.497 e. The molecule has 0 saturated heterocycles. The van der Waals surface area contributed by atoms with Gasteiger partial charge in [-0.05, 0) is 72.1 Å². The Bertz CT molecular complexity index is 1370. The Kier molecular flexibility index (Phi) is 9.83. The molecule has 0 unspecified atom stereocenters. The van der Waals surface area contributed by atoms with Crippen molar-refractivity contribution in [3.05, 3.63) is 83.9 Å². The van der Waals surface area contributed by atoms with Gasteiger partial charge in [-0.1, -0.05) is 25.1 Å². The monoisotopic (exact) mass is 538 g/mol. The summed E-state index contributed by atoms with van der Waals surface area (Å²) in [7, 11) is -2.12. The van der Waals surface area contributed by atoms with Crippen LogP contribution in [0.25, 0.3) is 0 Å². The number of hydrogen-bond acceptors (Lipinski definition) is 7. The van der Waals surface area contributed by atoms with Gasteiger partial charge >= 0.3 is 0 Å². The molecular formula is C27H30N4O6S. The molecule has 0 bridgehead atoms. The van der Waals surface area contributed by atoms with E-state index in [1.165, 1.54) is 6.21 Å². The molecule has 0 fully saturated rings. The maximum atomic E-state index is 12.4. The molecule has 10 nitrogen and oxygen atoms in total. The predicted molar refractivity (Wildman–Crippen MR) is 147 cm³/mol. The van der Waals surface area contributed by atoms with Gasteiger partial charge in [0.1, 0.15) is 18.0 Å². The summed E-state index contributed by atoms with van der Waals surface area (Å²) in [5.41, 5.74) is 4.93. The molecule has 0 saturated carbocycles. The molecule has 0 aliphatic carbocycles. The lowest BCUT2D eigenvalue weighted by Crippen LogP contribution is -2.39. The highest BCUT2D eigenvalue weighted by molar-refractivity contribution is 7.92. The van der Waals surface area contributed by atoms with Crippen LogP contribution in [0.1, 0.15) is 18.1 Å². The fraction of sp³-hybridized carbons (Fsp3) is 0.222. The van der Waals surface area contributed by atoms with Crippen LogP contribution < -0.4 is 24.5 Å². The number of hydrogen-bond donors (Lipinski definition) is 2. The highest BCUT2D eigenvalue weighted by Gasteiger charge is 2.22. The third kappa shape index (κ3) is 8.34. The number of nitrogens with zero attached hydrogens (tertiary/aromatic N) is 2. The van der Waals surface area contributed by atoms with Crippen molar-refractivity contribution in [2.75, 3.05) is 36.1 Å². The van der Waals surface area contributed by atoms with E-state index in [1.807, 2.05) is 19.1 Å². The van der Waals surface area contributed by atoms with E-state index >= 15 is 0 Å². The lowest BCUT2D eigenvalue weighted by atomic mass is 10.1. The van der Waals surface area contributed by atoms with E-state index < -0.39 is 22.5 Å². The first kappa shape index (κ1) is 28.2. The topological polar surface area (TPSA) is 126 Å². The summed E-state index contributed by atoms with van der Waals surface area (Å²) in [6, 6.07) is 20.7. The molecule has 2 N–H and O–H groups in total. The third-order valence-corrected chi connectivity index (χ3v) is 6.48. The highest BCUT2D eigenvalue weighted by atomic mass is 32.2. The van der Waals surface area contributed by atoms with Gasteiger partial charge in [0, 0.05) is 5.69 Å². The number of carbonyl (C=O) groups is 2. The summed E-state index contributed by atoms with van der Waals surface area (Å²) in [5.74, 6) is 0.277. The minimum atomic E-state index is -3.69.